The van der Waals surface area contributed by atoms with Gasteiger partial charge < -0.3 is 14.8 Å². The molecule has 2 bridgehead atoms. The molecule has 1 aliphatic carbocycles. The SMILES string of the molecule is Cc1cccc(C2(CCN3[C@@H]4CC[C@H]3CC(n3c(C)nc5ccccc53)C4)CCN(C(=O)c3cc(C(=O)NC4CC4)ccc3Cl)CC2)c1. The largest absolute Gasteiger partial charge is 0.349 e. The minimum Gasteiger partial charge on any atom is -0.349 e. The third-order valence-electron chi connectivity index (χ3n) is 11.9. The number of amides is 2. The minimum absolute atomic E-state index is 0.00597. The number of likely N-dealkylation sites (tertiary alicyclic amines) is 1. The van der Waals surface area contributed by atoms with E-state index >= 15 is 0 Å². The van der Waals surface area contributed by atoms with Gasteiger partial charge in [-0.25, -0.2) is 4.98 Å². The number of nitrogens with one attached hydrogen (secondary N) is 1. The topological polar surface area (TPSA) is 70.5 Å². The van der Waals surface area contributed by atoms with E-state index in [9.17, 15) is 9.59 Å². The molecule has 1 unspecified atom stereocenters. The van der Waals surface area contributed by atoms with Gasteiger partial charge in [-0.3, -0.25) is 14.5 Å². The minimum atomic E-state index is -0.133. The van der Waals surface area contributed by atoms with Crippen molar-refractivity contribution < 1.29 is 9.59 Å². The first-order valence-electron chi connectivity index (χ1n) is 17.9. The van der Waals surface area contributed by atoms with Crippen molar-refractivity contribution in [3.63, 3.8) is 0 Å². The number of hydrogen-bond donors (Lipinski definition) is 1. The quantitative estimate of drug-likeness (QED) is 0.211. The second-order valence-electron chi connectivity index (χ2n) is 14.9. The number of hydrogen-bond acceptors (Lipinski definition) is 4. The number of halogens is 1. The molecule has 8 heteroatoms. The Morgan fingerprint density at radius 2 is 1.65 bits per heavy atom. The summed E-state index contributed by atoms with van der Waals surface area (Å²) in [6, 6.07) is 24.6. The van der Waals surface area contributed by atoms with E-state index in [4.69, 9.17) is 16.6 Å². The molecule has 1 N–H and O–H groups in total. The number of fused-ring (bicyclic) bond motifs is 3. The molecule has 1 aromatic heterocycles. The van der Waals surface area contributed by atoms with Crippen LogP contribution in [0.25, 0.3) is 11.0 Å². The Kier molecular flexibility index (Phi) is 8.32. The maximum Gasteiger partial charge on any atom is 0.255 e. The molecule has 4 heterocycles. The van der Waals surface area contributed by atoms with Gasteiger partial charge in [0.1, 0.15) is 5.82 Å². The van der Waals surface area contributed by atoms with Gasteiger partial charge in [0.15, 0.2) is 0 Å². The van der Waals surface area contributed by atoms with Gasteiger partial charge in [-0.1, -0.05) is 53.6 Å². The molecule has 3 saturated heterocycles. The van der Waals surface area contributed by atoms with Gasteiger partial charge >= 0.3 is 0 Å². The Balaban J connectivity index is 0.977. The Bertz CT molecular complexity index is 1840. The summed E-state index contributed by atoms with van der Waals surface area (Å²) in [6.07, 6.45) is 9.83. The molecule has 3 aliphatic heterocycles. The van der Waals surface area contributed by atoms with Crippen LogP contribution in [0.5, 0.6) is 0 Å². The lowest BCUT2D eigenvalue weighted by atomic mass is 9.70. The van der Waals surface area contributed by atoms with Gasteiger partial charge in [0.2, 0.25) is 0 Å². The zero-order chi connectivity index (χ0) is 33.0. The van der Waals surface area contributed by atoms with E-state index < -0.39 is 0 Å². The lowest BCUT2D eigenvalue weighted by Gasteiger charge is -2.46. The fourth-order valence-corrected chi connectivity index (χ4v) is 9.28. The van der Waals surface area contributed by atoms with Crippen LogP contribution in [0.4, 0.5) is 0 Å². The van der Waals surface area contributed by atoms with Gasteiger partial charge in [0, 0.05) is 42.8 Å². The molecule has 0 spiro atoms. The number of aryl methyl sites for hydroxylation is 2. The number of nitrogens with zero attached hydrogens (tertiary/aromatic N) is 4. The summed E-state index contributed by atoms with van der Waals surface area (Å²) >= 11 is 6.56. The highest BCUT2D eigenvalue weighted by Crippen LogP contribution is 2.45. The zero-order valence-corrected chi connectivity index (χ0v) is 28.9. The zero-order valence-electron chi connectivity index (χ0n) is 28.1. The summed E-state index contributed by atoms with van der Waals surface area (Å²) in [5.41, 5.74) is 5.97. The molecule has 48 heavy (non-hydrogen) atoms. The number of imidazole rings is 1. The van der Waals surface area contributed by atoms with Crippen molar-refractivity contribution >= 4 is 34.4 Å². The fraction of sp³-hybridized carbons (Fsp3) is 0.475. The molecule has 3 aromatic carbocycles. The molecule has 4 aliphatic rings. The van der Waals surface area contributed by atoms with E-state index in [-0.39, 0.29) is 23.3 Å². The van der Waals surface area contributed by atoms with E-state index in [1.54, 1.807) is 18.2 Å². The van der Waals surface area contributed by atoms with Crippen molar-refractivity contribution in [2.24, 2.45) is 0 Å². The Morgan fingerprint density at radius 1 is 0.896 bits per heavy atom. The smallest absolute Gasteiger partial charge is 0.255 e. The Morgan fingerprint density at radius 3 is 2.38 bits per heavy atom. The highest BCUT2D eigenvalue weighted by atomic mass is 35.5. The van der Waals surface area contributed by atoms with Crippen molar-refractivity contribution in [1.82, 2.24) is 24.7 Å². The van der Waals surface area contributed by atoms with Crippen LogP contribution in [0.1, 0.15) is 101 Å². The van der Waals surface area contributed by atoms with E-state index in [0.29, 0.717) is 47.4 Å². The van der Waals surface area contributed by atoms with E-state index in [2.05, 4.69) is 77.2 Å². The Hall–Kier alpha value is -3.68. The summed E-state index contributed by atoms with van der Waals surface area (Å²) in [5.74, 6) is 0.913. The molecule has 4 aromatic rings. The molecule has 250 valence electrons. The molecule has 7 nitrogen and oxygen atoms in total. The van der Waals surface area contributed by atoms with Crippen molar-refractivity contribution in [3.05, 3.63) is 99.8 Å². The normalized spacial score (nSPS) is 23.8. The summed E-state index contributed by atoms with van der Waals surface area (Å²) < 4.78 is 2.51. The van der Waals surface area contributed by atoms with Crippen LogP contribution in [0.15, 0.2) is 66.7 Å². The summed E-state index contributed by atoms with van der Waals surface area (Å²) in [6.45, 7) is 6.76. The second-order valence-corrected chi connectivity index (χ2v) is 15.3. The molecule has 4 fully saturated rings. The van der Waals surface area contributed by atoms with E-state index in [1.807, 2.05) is 4.90 Å². The lowest BCUT2D eigenvalue weighted by Crippen LogP contribution is -2.49. The molecule has 1 saturated carbocycles. The fourth-order valence-electron chi connectivity index (χ4n) is 9.08. The number of piperidine rings is 2. The third kappa shape index (κ3) is 5.94. The standard InChI is InChI=1S/C40H46ClN5O2/c1-26-6-5-7-29(22-26)40(16-19-44(20-17-40)39(48)34-23-28(10-15-35(34)41)38(47)43-30-11-12-30)18-21-45-31-13-14-32(45)25-33(24-31)46-27(2)42-36-8-3-4-9-37(36)46/h3-10,15,22-23,30-33H,11-14,16-21,24-25H2,1-2H3,(H,43,47)/t31-,32+,33?. The highest BCUT2D eigenvalue weighted by Gasteiger charge is 2.44. The monoisotopic (exact) mass is 663 g/mol. The van der Waals surface area contributed by atoms with Crippen LogP contribution in [0.3, 0.4) is 0 Å². The number of carbonyl (C=O) groups is 2. The maximum absolute atomic E-state index is 13.9. The summed E-state index contributed by atoms with van der Waals surface area (Å²) in [4.78, 5) is 36.3. The number of rotatable bonds is 8. The predicted octanol–water partition coefficient (Wildman–Crippen LogP) is 7.63. The first-order chi connectivity index (χ1) is 23.3. The summed E-state index contributed by atoms with van der Waals surface area (Å²) in [5, 5.41) is 3.42. The maximum atomic E-state index is 13.9. The molecular formula is C40H46ClN5O2. The second kappa shape index (κ2) is 12.6. The molecule has 8 rings (SSSR count). The van der Waals surface area contributed by atoms with Crippen molar-refractivity contribution in [2.45, 2.75) is 101 Å². The van der Waals surface area contributed by atoms with Crippen molar-refractivity contribution in [2.75, 3.05) is 19.6 Å². The van der Waals surface area contributed by atoms with E-state index in [0.717, 1.165) is 50.0 Å². The van der Waals surface area contributed by atoms with Gasteiger partial charge in [0.05, 0.1) is 21.6 Å². The average molecular weight is 664 g/mol. The van der Waals surface area contributed by atoms with Gasteiger partial charge in [0.25, 0.3) is 11.8 Å². The van der Waals surface area contributed by atoms with E-state index in [1.165, 1.54) is 42.3 Å². The van der Waals surface area contributed by atoms with Crippen LogP contribution < -0.4 is 5.32 Å². The third-order valence-corrected chi connectivity index (χ3v) is 12.2. The lowest BCUT2D eigenvalue weighted by molar-refractivity contribution is 0.0607. The first kappa shape index (κ1) is 31.6. The van der Waals surface area contributed by atoms with Gasteiger partial charge in [-0.05, 0) is 119 Å². The number of para-hydroxylation sites is 2. The molecule has 2 amide bonds. The van der Waals surface area contributed by atoms with Crippen LogP contribution in [0, 0.1) is 13.8 Å². The van der Waals surface area contributed by atoms with Gasteiger partial charge in [-0.2, -0.15) is 0 Å². The van der Waals surface area contributed by atoms with Crippen LogP contribution in [-0.2, 0) is 5.41 Å². The molecule has 0 radical (unpaired) electrons. The average Bonchev–Trinajstić information content (AvgIpc) is 3.79. The van der Waals surface area contributed by atoms with Crippen LogP contribution in [-0.4, -0.2) is 68.9 Å². The predicted molar refractivity (Wildman–Crippen MR) is 191 cm³/mol. The molecule has 3 atom stereocenters. The number of benzene rings is 3. The number of carbonyl (C=O) groups excluding carboxylic acids is 2. The van der Waals surface area contributed by atoms with Crippen molar-refractivity contribution in [1.29, 1.82) is 0 Å². The highest BCUT2D eigenvalue weighted by molar-refractivity contribution is 6.34. The Labute approximate surface area is 288 Å². The first-order valence-corrected chi connectivity index (χ1v) is 18.3. The number of aromatic nitrogens is 2. The molecular weight excluding hydrogens is 618 g/mol. The van der Waals surface area contributed by atoms with Crippen molar-refractivity contribution in [3.8, 4) is 0 Å². The van der Waals surface area contributed by atoms with Crippen LogP contribution in [0.2, 0.25) is 5.02 Å². The van der Waals surface area contributed by atoms with Crippen LogP contribution >= 0.6 is 11.6 Å². The summed E-state index contributed by atoms with van der Waals surface area (Å²) in [7, 11) is 0. The van der Waals surface area contributed by atoms with Gasteiger partial charge in [-0.15, -0.1) is 0 Å².